The molecule has 2 aromatic carbocycles. The maximum Gasteiger partial charge on any atom is 0.242 e. The molecule has 6 heteroatoms. The van der Waals surface area contributed by atoms with E-state index in [4.69, 9.17) is 0 Å². The highest BCUT2D eigenvalue weighted by atomic mass is 32.2. The van der Waals surface area contributed by atoms with Gasteiger partial charge in [-0.05, 0) is 39.3 Å². The molecule has 2 rings (SSSR count). The molecule has 2 amide bonds. The molecule has 0 bridgehead atoms. The molecule has 156 valence electrons. The molecule has 1 N–H and O–H groups in total. The number of carbonyl (C=O) groups is 2. The van der Waals surface area contributed by atoms with Gasteiger partial charge < -0.3 is 10.2 Å². The molecule has 0 radical (unpaired) electrons. The van der Waals surface area contributed by atoms with Gasteiger partial charge in [-0.3, -0.25) is 9.59 Å². The van der Waals surface area contributed by atoms with Gasteiger partial charge in [0.2, 0.25) is 11.8 Å². The lowest BCUT2D eigenvalue weighted by Gasteiger charge is -2.31. The highest BCUT2D eigenvalue weighted by Crippen LogP contribution is 2.17. The van der Waals surface area contributed by atoms with Crippen molar-refractivity contribution in [2.24, 2.45) is 0 Å². The molecule has 1 atom stereocenters. The van der Waals surface area contributed by atoms with Crippen LogP contribution in [-0.4, -0.2) is 34.0 Å². The summed E-state index contributed by atoms with van der Waals surface area (Å²) in [6, 6.07) is 15.5. The molecule has 0 aliphatic rings. The van der Waals surface area contributed by atoms with Crippen molar-refractivity contribution in [3.05, 3.63) is 71.5 Å². The number of rotatable bonds is 8. The summed E-state index contributed by atoms with van der Waals surface area (Å²) in [6.07, 6.45) is 0. The Morgan fingerprint density at radius 2 is 1.69 bits per heavy atom. The predicted molar refractivity (Wildman–Crippen MR) is 117 cm³/mol. The van der Waals surface area contributed by atoms with Crippen LogP contribution in [0.15, 0.2) is 54.6 Å². The number of nitrogens with zero attached hydrogens (tertiary/aromatic N) is 1. The van der Waals surface area contributed by atoms with Gasteiger partial charge in [-0.1, -0.05) is 48.5 Å². The smallest absolute Gasteiger partial charge is 0.242 e. The zero-order chi connectivity index (χ0) is 21.4. The molecule has 0 saturated carbocycles. The van der Waals surface area contributed by atoms with Crippen LogP contribution in [-0.2, 0) is 21.9 Å². The SMILES string of the molecule is C[C@@H](C(=O)NC(C)(C)C)N(Cc1ccccc1F)C(=O)CSCc1ccccc1. The average molecular weight is 417 g/mol. The van der Waals surface area contributed by atoms with E-state index in [0.717, 1.165) is 5.56 Å². The summed E-state index contributed by atoms with van der Waals surface area (Å²) in [6.45, 7) is 7.39. The summed E-state index contributed by atoms with van der Waals surface area (Å²) in [4.78, 5) is 27.1. The average Bonchev–Trinajstić information content (AvgIpc) is 2.66. The van der Waals surface area contributed by atoms with E-state index in [1.165, 1.54) is 22.7 Å². The fraction of sp³-hybridized carbons (Fsp3) is 0.391. The largest absolute Gasteiger partial charge is 0.350 e. The van der Waals surface area contributed by atoms with E-state index >= 15 is 0 Å². The number of hydrogen-bond acceptors (Lipinski definition) is 3. The Labute approximate surface area is 176 Å². The predicted octanol–water partition coefficient (Wildman–Crippen LogP) is 4.39. The topological polar surface area (TPSA) is 49.4 Å². The van der Waals surface area contributed by atoms with Crippen molar-refractivity contribution in [1.82, 2.24) is 10.2 Å². The lowest BCUT2D eigenvalue weighted by atomic mass is 10.1. The molecule has 0 aromatic heterocycles. The van der Waals surface area contributed by atoms with Crippen LogP contribution in [0.3, 0.4) is 0 Å². The van der Waals surface area contributed by atoms with Gasteiger partial charge in [-0.15, -0.1) is 11.8 Å². The van der Waals surface area contributed by atoms with E-state index in [1.54, 1.807) is 25.1 Å². The summed E-state index contributed by atoms with van der Waals surface area (Å²) in [5.74, 6) is 0.0887. The molecule has 29 heavy (non-hydrogen) atoms. The minimum atomic E-state index is -0.710. The highest BCUT2D eigenvalue weighted by molar-refractivity contribution is 7.99. The maximum absolute atomic E-state index is 14.2. The third-order valence-electron chi connectivity index (χ3n) is 4.30. The van der Waals surface area contributed by atoms with Crippen LogP contribution in [0.1, 0.15) is 38.8 Å². The van der Waals surface area contributed by atoms with Crippen LogP contribution in [0.4, 0.5) is 4.39 Å². The summed E-state index contributed by atoms with van der Waals surface area (Å²) in [5, 5.41) is 2.90. The first kappa shape index (κ1) is 22.9. The van der Waals surface area contributed by atoms with Crippen molar-refractivity contribution < 1.29 is 14.0 Å². The molecule has 0 unspecified atom stereocenters. The fourth-order valence-corrected chi connectivity index (χ4v) is 3.65. The second-order valence-electron chi connectivity index (χ2n) is 8.01. The zero-order valence-corrected chi connectivity index (χ0v) is 18.3. The van der Waals surface area contributed by atoms with Gasteiger partial charge in [-0.2, -0.15) is 0 Å². The van der Waals surface area contributed by atoms with Crippen molar-refractivity contribution in [2.75, 3.05) is 5.75 Å². The van der Waals surface area contributed by atoms with Gasteiger partial charge in [0.25, 0.3) is 0 Å². The van der Waals surface area contributed by atoms with Gasteiger partial charge in [-0.25, -0.2) is 4.39 Å². The Kier molecular flexibility index (Phi) is 8.26. The minimum Gasteiger partial charge on any atom is -0.350 e. The van der Waals surface area contributed by atoms with Gasteiger partial charge >= 0.3 is 0 Å². The number of amides is 2. The Balaban J connectivity index is 2.11. The molecule has 0 aliphatic carbocycles. The monoisotopic (exact) mass is 416 g/mol. The van der Waals surface area contributed by atoms with E-state index in [0.29, 0.717) is 11.3 Å². The van der Waals surface area contributed by atoms with Crippen LogP contribution in [0.25, 0.3) is 0 Å². The summed E-state index contributed by atoms with van der Waals surface area (Å²) >= 11 is 1.48. The van der Waals surface area contributed by atoms with E-state index in [-0.39, 0.29) is 29.9 Å². The second kappa shape index (κ2) is 10.4. The third kappa shape index (κ3) is 7.54. The molecule has 0 saturated heterocycles. The first-order valence-electron chi connectivity index (χ1n) is 9.64. The van der Waals surface area contributed by atoms with Crippen molar-refractivity contribution in [2.45, 2.75) is 51.6 Å². The molecule has 4 nitrogen and oxygen atoms in total. The fourth-order valence-electron chi connectivity index (χ4n) is 2.78. The summed E-state index contributed by atoms with van der Waals surface area (Å²) < 4.78 is 14.2. The van der Waals surface area contributed by atoms with Crippen molar-refractivity contribution in [1.29, 1.82) is 0 Å². The summed E-state index contributed by atoms with van der Waals surface area (Å²) in [7, 11) is 0. The van der Waals surface area contributed by atoms with Gasteiger partial charge in [0, 0.05) is 23.4 Å². The van der Waals surface area contributed by atoms with E-state index in [2.05, 4.69) is 5.32 Å². The molecule has 0 heterocycles. The number of benzene rings is 2. The lowest BCUT2D eigenvalue weighted by molar-refractivity contribution is -0.139. The van der Waals surface area contributed by atoms with Crippen molar-refractivity contribution >= 4 is 23.6 Å². The normalized spacial score (nSPS) is 12.3. The van der Waals surface area contributed by atoms with Crippen LogP contribution in [0.5, 0.6) is 0 Å². The highest BCUT2D eigenvalue weighted by Gasteiger charge is 2.28. The lowest BCUT2D eigenvalue weighted by Crippen LogP contribution is -2.52. The molecule has 2 aromatic rings. The first-order valence-corrected chi connectivity index (χ1v) is 10.8. The Morgan fingerprint density at radius 1 is 1.07 bits per heavy atom. The molecule has 0 aliphatic heterocycles. The van der Waals surface area contributed by atoms with Crippen LogP contribution in [0.2, 0.25) is 0 Å². The Bertz CT molecular complexity index is 821. The van der Waals surface area contributed by atoms with E-state index in [9.17, 15) is 14.0 Å². The first-order chi connectivity index (χ1) is 13.7. The molecular formula is C23H29FN2O2S. The number of thioether (sulfide) groups is 1. The van der Waals surface area contributed by atoms with Gasteiger partial charge in [0.05, 0.1) is 5.75 Å². The third-order valence-corrected chi connectivity index (χ3v) is 5.29. The Morgan fingerprint density at radius 3 is 2.31 bits per heavy atom. The van der Waals surface area contributed by atoms with Crippen molar-refractivity contribution in [3.8, 4) is 0 Å². The van der Waals surface area contributed by atoms with E-state index < -0.39 is 11.6 Å². The molecule has 0 spiro atoms. The van der Waals surface area contributed by atoms with E-state index in [1.807, 2.05) is 51.1 Å². The second-order valence-corrected chi connectivity index (χ2v) is 8.99. The summed E-state index contributed by atoms with van der Waals surface area (Å²) in [5.41, 5.74) is 1.11. The van der Waals surface area contributed by atoms with Crippen LogP contribution >= 0.6 is 11.8 Å². The van der Waals surface area contributed by atoms with Crippen LogP contribution in [0, 0.1) is 5.82 Å². The van der Waals surface area contributed by atoms with Crippen molar-refractivity contribution in [3.63, 3.8) is 0 Å². The van der Waals surface area contributed by atoms with Gasteiger partial charge in [0.1, 0.15) is 11.9 Å². The number of halogens is 1. The Hall–Kier alpha value is -2.34. The van der Waals surface area contributed by atoms with Crippen LogP contribution < -0.4 is 5.32 Å². The standard InChI is InChI=1S/C23H29FN2O2S/c1-17(22(28)25-23(2,3)4)26(14-19-12-8-9-13-20(19)24)21(27)16-29-15-18-10-6-5-7-11-18/h5-13,17H,14-16H2,1-4H3,(H,25,28)/t17-/m0/s1. The maximum atomic E-state index is 14.2. The van der Waals surface area contributed by atoms with Gasteiger partial charge in [0.15, 0.2) is 0 Å². The number of nitrogens with one attached hydrogen (secondary N) is 1. The molecular weight excluding hydrogens is 387 g/mol. The zero-order valence-electron chi connectivity index (χ0n) is 17.4. The number of hydrogen-bond donors (Lipinski definition) is 1. The number of carbonyl (C=O) groups excluding carboxylic acids is 2. The quantitative estimate of drug-likeness (QED) is 0.694. The molecule has 0 fully saturated rings. The minimum absolute atomic E-state index is 0.0517.